The van der Waals surface area contributed by atoms with Crippen molar-refractivity contribution in [1.82, 2.24) is 9.97 Å². The Morgan fingerprint density at radius 2 is 2.00 bits per heavy atom. The van der Waals surface area contributed by atoms with Crippen LogP contribution in [0.4, 0.5) is 0 Å². The van der Waals surface area contributed by atoms with Crippen LogP contribution in [-0.4, -0.2) is 9.97 Å². The quantitative estimate of drug-likeness (QED) is 0.828. The number of aromatic amines is 1. The molecule has 0 bridgehead atoms. The second-order valence-electron chi connectivity index (χ2n) is 3.38. The lowest BCUT2D eigenvalue weighted by molar-refractivity contribution is 1.06. The maximum Gasteiger partial charge on any atom is 0.168 e. The summed E-state index contributed by atoms with van der Waals surface area (Å²) in [6.07, 6.45) is 1.82. The smallest absolute Gasteiger partial charge is 0.168 e. The predicted octanol–water partition coefficient (Wildman–Crippen LogP) is 4.65. The molecule has 2 rings (SSSR count). The predicted molar refractivity (Wildman–Crippen MR) is 74.7 cm³/mol. The highest BCUT2D eigenvalue weighted by molar-refractivity contribution is 7.98. The zero-order valence-electron chi connectivity index (χ0n) is 8.91. The number of imidazole rings is 1. The van der Waals surface area contributed by atoms with Crippen molar-refractivity contribution in [2.45, 2.75) is 10.9 Å². The molecule has 0 aliphatic rings. The van der Waals surface area contributed by atoms with Gasteiger partial charge in [-0.3, -0.25) is 0 Å². The monoisotopic (exact) mass is 284 g/mol. The van der Waals surface area contributed by atoms with E-state index >= 15 is 0 Å². The lowest BCUT2D eigenvalue weighted by Gasteiger charge is -1.99. The number of nitrogens with one attached hydrogen (secondary N) is 1. The van der Waals surface area contributed by atoms with Crippen LogP contribution in [0.25, 0.3) is 6.08 Å². The Bertz CT molecular complexity index is 500. The third-order valence-electron chi connectivity index (χ3n) is 2.19. The molecule has 0 radical (unpaired) electrons. The number of rotatable bonds is 4. The number of hydrogen-bond acceptors (Lipinski definition) is 2. The van der Waals surface area contributed by atoms with Crippen molar-refractivity contribution >= 4 is 41.0 Å². The molecule has 0 saturated heterocycles. The van der Waals surface area contributed by atoms with Gasteiger partial charge in [-0.05, 0) is 11.1 Å². The van der Waals surface area contributed by atoms with Crippen LogP contribution >= 0.6 is 35.0 Å². The summed E-state index contributed by atoms with van der Waals surface area (Å²) in [6, 6.07) is 8.20. The van der Waals surface area contributed by atoms with Crippen LogP contribution in [-0.2, 0) is 5.75 Å². The number of H-pyrrole nitrogens is 1. The number of aromatic nitrogens is 2. The molecule has 0 aliphatic heterocycles. The number of nitrogens with zero attached hydrogens (tertiary/aromatic N) is 1. The van der Waals surface area contributed by atoms with Crippen molar-refractivity contribution < 1.29 is 0 Å². The normalized spacial score (nSPS) is 10.5. The van der Waals surface area contributed by atoms with Crippen LogP contribution in [0.15, 0.2) is 36.0 Å². The third-order valence-corrected chi connectivity index (χ3v) is 3.78. The standard InChI is InChI=1S/C12H10Cl2N2S/c1-2-8-3-5-9(6-4-8)7-17-12-15-10(13)11(14)16-12/h2-6H,1,7H2,(H,15,16). The SMILES string of the molecule is C=Cc1ccc(CSc2nc(Cl)c(Cl)[nH]2)cc1. The summed E-state index contributed by atoms with van der Waals surface area (Å²) in [4.78, 5) is 6.99. The van der Waals surface area contributed by atoms with Gasteiger partial charge in [0.05, 0.1) is 0 Å². The fourth-order valence-corrected chi connectivity index (χ4v) is 2.48. The van der Waals surface area contributed by atoms with Crippen molar-refractivity contribution in [3.8, 4) is 0 Å². The molecule has 1 aromatic carbocycles. The minimum atomic E-state index is 0.316. The molecule has 0 saturated carbocycles. The van der Waals surface area contributed by atoms with Gasteiger partial charge in [0, 0.05) is 5.75 Å². The second kappa shape index (κ2) is 5.63. The summed E-state index contributed by atoms with van der Waals surface area (Å²) in [5.74, 6) is 0.817. The highest BCUT2D eigenvalue weighted by atomic mass is 35.5. The van der Waals surface area contributed by atoms with Crippen LogP contribution < -0.4 is 0 Å². The van der Waals surface area contributed by atoms with Gasteiger partial charge >= 0.3 is 0 Å². The first-order chi connectivity index (χ1) is 8.19. The molecule has 0 unspecified atom stereocenters. The summed E-state index contributed by atoms with van der Waals surface area (Å²) >= 11 is 13.1. The third kappa shape index (κ3) is 3.28. The number of halogens is 2. The molecule has 17 heavy (non-hydrogen) atoms. The molecule has 2 nitrogen and oxygen atoms in total. The van der Waals surface area contributed by atoms with Crippen LogP contribution in [0.1, 0.15) is 11.1 Å². The van der Waals surface area contributed by atoms with Gasteiger partial charge in [-0.1, -0.05) is 71.9 Å². The number of hydrogen-bond donors (Lipinski definition) is 1. The van der Waals surface area contributed by atoms with Crippen LogP contribution in [0.2, 0.25) is 10.3 Å². The van der Waals surface area contributed by atoms with E-state index in [9.17, 15) is 0 Å². The average Bonchev–Trinajstić information content (AvgIpc) is 2.67. The molecule has 0 fully saturated rings. The fraction of sp³-hybridized carbons (Fsp3) is 0.0833. The molecule has 1 heterocycles. The van der Waals surface area contributed by atoms with E-state index in [0.29, 0.717) is 10.3 Å². The van der Waals surface area contributed by atoms with Gasteiger partial charge in [-0.25, -0.2) is 4.98 Å². The molecule has 0 spiro atoms. The zero-order valence-corrected chi connectivity index (χ0v) is 11.2. The summed E-state index contributed by atoms with van der Waals surface area (Å²) in [5.41, 5.74) is 2.33. The van der Waals surface area contributed by atoms with E-state index in [1.54, 1.807) is 11.8 Å². The molecule has 1 N–H and O–H groups in total. The molecular weight excluding hydrogens is 275 g/mol. The van der Waals surface area contributed by atoms with E-state index in [4.69, 9.17) is 23.2 Å². The van der Waals surface area contributed by atoms with E-state index < -0.39 is 0 Å². The first-order valence-electron chi connectivity index (χ1n) is 4.94. The molecule has 1 aromatic heterocycles. The minimum absolute atomic E-state index is 0.316. The Kier molecular flexibility index (Phi) is 4.15. The van der Waals surface area contributed by atoms with Crippen LogP contribution in [0.5, 0.6) is 0 Å². The summed E-state index contributed by atoms with van der Waals surface area (Å²) in [7, 11) is 0. The zero-order chi connectivity index (χ0) is 12.3. The van der Waals surface area contributed by atoms with Gasteiger partial charge in [0.15, 0.2) is 10.3 Å². The van der Waals surface area contributed by atoms with Crippen molar-refractivity contribution in [2.75, 3.05) is 0 Å². The first kappa shape index (κ1) is 12.6. The van der Waals surface area contributed by atoms with Crippen molar-refractivity contribution in [3.63, 3.8) is 0 Å². The Morgan fingerprint density at radius 1 is 1.29 bits per heavy atom. The van der Waals surface area contributed by atoms with E-state index in [1.165, 1.54) is 5.56 Å². The van der Waals surface area contributed by atoms with Gasteiger partial charge in [0.25, 0.3) is 0 Å². The Balaban J connectivity index is 1.99. The molecule has 0 amide bonds. The fourth-order valence-electron chi connectivity index (χ4n) is 1.28. The molecule has 0 aliphatic carbocycles. The van der Waals surface area contributed by atoms with Crippen molar-refractivity contribution in [1.29, 1.82) is 0 Å². The van der Waals surface area contributed by atoms with Gasteiger partial charge in [0.1, 0.15) is 5.15 Å². The van der Waals surface area contributed by atoms with E-state index in [1.807, 2.05) is 18.2 Å². The second-order valence-corrected chi connectivity index (χ2v) is 5.08. The number of thioether (sulfide) groups is 1. The average molecular weight is 285 g/mol. The van der Waals surface area contributed by atoms with E-state index in [0.717, 1.165) is 16.5 Å². The maximum atomic E-state index is 5.78. The maximum absolute atomic E-state index is 5.78. The van der Waals surface area contributed by atoms with Crippen molar-refractivity contribution in [2.24, 2.45) is 0 Å². The molecular formula is C12H10Cl2N2S. The van der Waals surface area contributed by atoms with Crippen LogP contribution in [0, 0.1) is 0 Å². The number of benzene rings is 1. The summed E-state index contributed by atoms with van der Waals surface area (Å²) in [5, 5.41) is 1.43. The molecule has 88 valence electrons. The Labute approximate surface area is 114 Å². The first-order valence-corrected chi connectivity index (χ1v) is 6.68. The summed E-state index contributed by atoms with van der Waals surface area (Å²) in [6.45, 7) is 3.72. The lowest BCUT2D eigenvalue weighted by atomic mass is 10.1. The molecule has 0 atom stereocenters. The Morgan fingerprint density at radius 3 is 2.53 bits per heavy atom. The highest BCUT2D eigenvalue weighted by Gasteiger charge is 2.06. The highest BCUT2D eigenvalue weighted by Crippen LogP contribution is 2.26. The summed E-state index contributed by atoms with van der Waals surface area (Å²) < 4.78 is 0. The molecule has 5 heteroatoms. The topological polar surface area (TPSA) is 28.7 Å². The van der Waals surface area contributed by atoms with Crippen molar-refractivity contribution in [3.05, 3.63) is 52.3 Å². The van der Waals surface area contributed by atoms with Crippen LogP contribution in [0.3, 0.4) is 0 Å². The van der Waals surface area contributed by atoms with Gasteiger partial charge in [-0.2, -0.15) is 0 Å². The largest absolute Gasteiger partial charge is 0.323 e. The minimum Gasteiger partial charge on any atom is -0.323 e. The molecule has 2 aromatic rings. The van der Waals surface area contributed by atoms with E-state index in [2.05, 4.69) is 28.7 Å². The van der Waals surface area contributed by atoms with Gasteiger partial charge < -0.3 is 4.98 Å². The van der Waals surface area contributed by atoms with Gasteiger partial charge in [0.2, 0.25) is 0 Å². The lowest BCUT2D eigenvalue weighted by Crippen LogP contribution is -1.82. The Hall–Kier alpha value is -0.900. The van der Waals surface area contributed by atoms with E-state index in [-0.39, 0.29) is 0 Å². The van der Waals surface area contributed by atoms with Gasteiger partial charge in [-0.15, -0.1) is 0 Å².